The van der Waals surface area contributed by atoms with Crippen molar-refractivity contribution >= 4 is 17.6 Å². The van der Waals surface area contributed by atoms with Crippen LogP contribution >= 0.6 is 0 Å². The lowest BCUT2D eigenvalue weighted by atomic mass is 10.00. The summed E-state index contributed by atoms with van der Waals surface area (Å²) < 4.78 is 0. The van der Waals surface area contributed by atoms with E-state index < -0.39 is 6.10 Å². The van der Waals surface area contributed by atoms with E-state index in [4.69, 9.17) is 0 Å². The molecule has 1 saturated heterocycles. The quantitative estimate of drug-likeness (QED) is 0.527. The number of fused-ring (bicyclic) bond motifs is 1. The number of benzene rings is 1. The number of likely N-dealkylation sites (tertiary alicyclic amines) is 1. The predicted octanol–water partition coefficient (Wildman–Crippen LogP) is 1.44. The zero-order valence-electron chi connectivity index (χ0n) is 20.0. The highest BCUT2D eigenvalue weighted by molar-refractivity contribution is 5.92. The number of amides is 2. The first kappa shape index (κ1) is 23.7. The largest absolute Gasteiger partial charge is 0.390 e. The van der Waals surface area contributed by atoms with Crippen molar-refractivity contribution in [1.82, 2.24) is 25.1 Å². The van der Waals surface area contributed by atoms with E-state index in [1.807, 2.05) is 11.0 Å². The van der Waals surface area contributed by atoms with Gasteiger partial charge < -0.3 is 20.6 Å². The number of carbonyl (C=O) groups excluding carboxylic acids is 2. The van der Waals surface area contributed by atoms with Gasteiger partial charge in [-0.15, -0.1) is 0 Å². The van der Waals surface area contributed by atoms with E-state index in [0.29, 0.717) is 18.3 Å². The third-order valence-electron chi connectivity index (χ3n) is 7.16. The normalized spacial score (nSPS) is 19.6. The minimum Gasteiger partial charge on any atom is -0.390 e. The van der Waals surface area contributed by atoms with Gasteiger partial charge in [0, 0.05) is 57.3 Å². The summed E-state index contributed by atoms with van der Waals surface area (Å²) in [5.41, 5.74) is 2.94. The van der Waals surface area contributed by atoms with Crippen molar-refractivity contribution in [3.05, 3.63) is 53.5 Å². The van der Waals surface area contributed by atoms with E-state index >= 15 is 0 Å². The van der Waals surface area contributed by atoms with Crippen LogP contribution in [0.15, 0.2) is 36.7 Å². The Kier molecular flexibility index (Phi) is 7.24. The highest BCUT2D eigenvalue weighted by atomic mass is 16.3. The number of nitrogens with zero attached hydrogens (tertiary/aromatic N) is 4. The Morgan fingerprint density at radius 1 is 1.06 bits per heavy atom. The summed E-state index contributed by atoms with van der Waals surface area (Å²) in [6.07, 6.45) is 5.48. The summed E-state index contributed by atoms with van der Waals surface area (Å²) in [6.45, 7) is 3.90. The van der Waals surface area contributed by atoms with Gasteiger partial charge in [0.15, 0.2) is 0 Å². The van der Waals surface area contributed by atoms with Crippen LogP contribution in [0.1, 0.15) is 47.3 Å². The number of aromatic nitrogens is 2. The second kappa shape index (κ2) is 10.7. The summed E-state index contributed by atoms with van der Waals surface area (Å²) >= 11 is 0. The number of hydrogen-bond acceptors (Lipinski definition) is 7. The summed E-state index contributed by atoms with van der Waals surface area (Å²) in [6, 6.07) is 10.3. The number of piperidine rings is 1. The van der Waals surface area contributed by atoms with Crippen LogP contribution in [0.5, 0.6) is 0 Å². The molecule has 2 aliphatic heterocycles. The Balaban J connectivity index is 1.06. The summed E-state index contributed by atoms with van der Waals surface area (Å²) in [5.74, 6) is 0.835. The van der Waals surface area contributed by atoms with Crippen molar-refractivity contribution in [2.24, 2.45) is 5.92 Å². The number of nitrogens with one attached hydrogen (secondary N) is 2. The van der Waals surface area contributed by atoms with Gasteiger partial charge in [0.25, 0.3) is 5.91 Å². The molecule has 0 spiro atoms. The van der Waals surface area contributed by atoms with Crippen LogP contribution in [0.25, 0.3) is 0 Å². The highest BCUT2D eigenvalue weighted by Gasteiger charge is 2.35. The van der Waals surface area contributed by atoms with Gasteiger partial charge in [0.1, 0.15) is 17.8 Å². The van der Waals surface area contributed by atoms with Crippen LogP contribution in [0.2, 0.25) is 0 Å². The molecule has 186 valence electrons. The molecule has 1 aromatic heterocycles. The van der Waals surface area contributed by atoms with Gasteiger partial charge in [-0.25, -0.2) is 9.97 Å². The zero-order chi connectivity index (χ0) is 24.2. The monoisotopic (exact) mass is 478 g/mol. The van der Waals surface area contributed by atoms with Gasteiger partial charge in [-0.05, 0) is 43.2 Å². The molecule has 0 bridgehead atoms. The molecule has 1 atom stereocenters. The molecule has 9 heteroatoms. The fourth-order valence-corrected chi connectivity index (χ4v) is 4.98. The van der Waals surface area contributed by atoms with Crippen LogP contribution in [0.4, 0.5) is 5.82 Å². The smallest absolute Gasteiger partial charge is 0.270 e. The maximum absolute atomic E-state index is 12.6. The molecule has 3 aliphatic rings. The molecule has 2 fully saturated rings. The minimum atomic E-state index is -0.660. The zero-order valence-corrected chi connectivity index (χ0v) is 20.0. The van der Waals surface area contributed by atoms with E-state index in [1.54, 1.807) is 6.07 Å². The van der Waals surface area contributed by atoms with Gasteiger partial charge in [-0.1, -0.05) is 24.3 Å². The van der Waals surface area contributed by atoms with Crippen molar-refractivity contribution in [3.63, 3.8) is 0 Å². The maximum Gasteiger partial charge on any atom is 0.270 e. The van der Waals surface area contributed by atoms with E-state index in [0.717, 1.165) is 58.3 Å². The third-order valence-corrected chi connectivity index (χ3v) is 7.16. The molecule has 1 saturated carbocycles. The van der Waals surface area contributed by atoms with Gasteiger partial charge in [0.05, 0.1) is 6.10 Å². The highest BCUT2D eigenvalue weighted by Crippen LogP contribution is 2.32. The molecule has 2 aromatic rings. The number of hydrogen-bond donors (Lipinski definition) is 3. The second-order valence-corrected chi connectivity index (χ2v) is 9.92. The average molecular weight is 479 g/mol. The van der Waals surface area contributed by atoms with Crippen LogP contribution in [0, 0.1) is 5.92 Å². The fraction of sp³-hybridized carbons (Fsp3) is 0.538. The van der Waals surface area contributed by atoms with Gasteiger partial charge in [0.2, 0.25) is 5.91 Å². The number of aliphatic hydroxyl groups is 1. The first-order chi connectivity index (χ1) is 17.0. The summed E-state index contributed by atoms with van der Waals surface area (Å²) in [4.78, 5) is 37.4. The average Bonchev–Trinajstić information content (AvgIpc) is 3.73. The Labute approximate surface area is 205 Å². The molecule has 3 heterocycles. The summed E-state index contributed by atoms with van der Waals surface area (Å²) in [5, 5.41) is 16.7. The topological polar surface area (TPSA) is 111 Å². The molecule has 9 nitrogen and oxygen atoms in total. The third kappa shape index (κ3) is 6.15. The second-order valence-electron chi connectivity index (χ2n) is 9.92. The van der Waals surface area contributed by atoms with E-state index in [-0.39, 0.29) is 30.1 Å². The maximum atomic E-state index is 12.6. The van der Waals surface area contributed by atoms with E-state index in [1.165, 1.54) is 17.5 Å². The number of anilines is 1. The fourth-order valence-electron chi connectivity index (χ4n) is 4.98. The molecule has 5 rings (SSSR count). The lowest BCUT2D eigenvalue weighted by Crippen LogP contribution is -2.43. The first-order valence-corrected chi connectivity index (χ1v) is 12.7. The van der Waals surface area contributed by atoms with Gasteiger partial charge in [-0.3, -0.25) is 14.5 Å². The van der Waals surface area contributed by atoms with E-state index in [2.05, 4.69) is 43.7 Å². The van der Waals surface area contributed by atoms with Crippen LogP contribution in [-0.4, -0.2) is 81.6 Å². The van der Waals surface area contributed by atoms with Crippen molar-refractivity contribution in [2.45, 2.75) is 50.8 Å². The molecule has 1 aliphatic carbocycles. The number of β-amino-alcohol motifs (C(OH)–C–C–N with tert-alkyl or cyclic N) is 1. The Morgan fingerprint density at radius 2 is 1.83 bits per heavy atom. The van der Waals surface area contributed by atoms with Crippen LogP contribution in [-0.2, 0) is 17.8 Å². The molecular weight excluding hydrogens is 444 g/mol. The van der Waals surface area contributed by atoms with E-state index in [9.17, 15) is 14.7 Å². The Hall–Kier alpha value is -3.04. The van der Waals surface area contributed by atoms with Crippen molar-refractivity contribution < 1.29 is 14.7 Å². The molecule has 2 amide bonds. The molecule has 0 radical (unpaired) electrons. The van der Waals surface area contributed by atoms with Crippen molar-refractivity contribution in [3.8, 4) is 0 Å². The standard InChI is InChI=1S/C26H34N6O3/c33-22(16-31-10-7-18-3-1-2-4-20(18)15-31)14-27-25(34)23-13-24(29-17-28-23)30-21-8-11-32(12-9-21)26(35)19-5-6-19/h1-4,13,17,19,21-22,33H,5-12,14-16H2,(H,27,34)(H,28,29,30). The van der Waals surface area contributed by atoms with Gasteiger partial charge >= 0.3 is 0 Å². The Bertz CT molecular complexity index is 1050. The predicted molar refractivity (Wildman–Crippen MR) is 132 cm³/mol. The summed E-state index contributed by atoms with van der Waals surface area (Å²) in [7, 11) is 0. The lowest BCUT2D eigenvalue weighted by molar-refractivity contribution is -0.133. The first-order valence-electron chi connectivity index (χ1n) is 12.7. The molecular formula is C26H34N6O3. The SMILES string of the molecule is O=C(NCC(O)CN1CCc2ccccc2C1)c1cc(NC2CCN(C(=O)C3CC3)CC2)ncn1. The molecule has 35 heavy (non-hydrogen) atoms. The van der Waals surface area contributed by atoms with Crippen molar-refractivity contribution in [2.75, 3.05) is 38.0 Å². The minimum absolute atomic E-state index is 0.164. The molecule has 1 unspecified atom stereocenters. The van der Waals surface area contributed by atoms with Gasteiger partial charge in [-0.2, -0.15) is 0 Å². The number of aliphatic hydroxyl groups excluding tert-OH is 1. The lowest BCUT2D eigenvalue weighted by Gasteiger charge is -2.32. The number of rotatable bonds is 8. The number of carbonyl (C=O) groups is 2. The Morgan fingerprint density at radius 3 is 2.60 bits per heavy atom. The van der Waals surface area contributed by atoms with Crippen molar-refractivity contribution in [1.29, 1.82) is 0 Å². The van der Waals surface area contributed by atoms with Crippen LogP contribution in [0.3, 0.4) is 0 Å². The molecule has 1 aromatic carbocycles. The molecule has 3 N–H and O–H groups in total. The van der Waals surface area contributed by atoms with Crippen LogP contribution < -0.4 is 10.6 Å².